The van der Waals surface area contributed by atoms with Gasteiger partial charge in [-0.05, 0) is 42.5 Å². The number of fused-ring (bicyclic) bond motifs is 3. The Bertz CT molecular complexity index is 1020. The van der Waals surface area contributed by atoms with Gasteiger partial charge < -0.3 is 14.7 Å². The Hall–Kier alpha value is -3.15. The average Bonchev–Trinajstić information content (AvgIpc) is 3.10. The number of ketones is 1. The summed E-state index contributed by atoms with van der Waals surface area (Å²) < 4.78 is 0. The first-order valence-corrected chi connectivity index (χ1v) is 10.7. The highest BCUT2D eigenvalue weighted by Crippen LogP contribution is 2.36. The van der Waals surface area contributed by atoms with Crippen LogP contribution in [0.3, 0.4) is 0 Å². The molecule has 6 heteroatoms. The van der Waals surface area contributed by atoms with E-state index in [1.807, 2.05) is 46.2 Å². The Balaban J connectivity index is 1.27. The fraction of sp³-hybridized carbons (Fsp3) is 0.375. The van der Waals surface area contributed by atoms with Gasteiger partial charge in [-0.1, -0.05) is 30.3 Å². The van der Waals surface area contributed by atoms with Crippen molar-refractivity contribution < 1.29 is 14.4 Å². The minimum Gasteiger partial charge on any atom is -0.335 e. The second-order valence-electron chi connectivity index (χ2n) is 8.24. The highest BCUT2D eigenvalue weighted by atomic mass is 16.2. The highest BCUT2D eigenvalue weighted by Gasteiger charge is 2.30. The first-order chi connectivity index (χ1) is 14.6. The number of carbonyl (C=O) groups excluding carboxylic acids is 3. The van der Waals surface area contributed by atoms with Crippen LogP contribution in [-0.2, 0) is 0 Å². The first-order valence-electron chi connectivity index (χ1n) is 10.7. The van der Waals surface area contributed by atoms with Gasteiger partial charge >= 0.3 is 6.03 Å². The molecule has 2 saturated heterocycles. The number of carbonyl (C=O) groups is 3. The zero-order valence-corrected chi connectivity index (χ0v) is 17.0. The van der Waals surface area contributed by atoms with Crippen molar-refractivity contribution in [3.05, 3.63) is 59.2 Å². The van der Waals surface area contributed by atoms with Crippen LogP contribution in [0.5, 0.6) is 0 Å². The van der Waals surface area contributed by atoms with Crippen LogP contribution in [0.1, 0.15) is 45.5 Å². The summed E-state index contributed by atoms with van der Waals surface area (Å²) >= 11 is 0. The topological polar surface area (TPSA) is 60.9 Å². The predicted octanol–water partition coefficient (Wildman–Crippen LogP) is 3.26. The zero-order valence-electron chi connectivity index (χ0n) is 17.0. The fourth-order valence-electron chi connectivity index (χ4n) is 4.73. The summed E-state index contributed by atoms with van der Waals surface area (Å²) in [6, 6.07) is 13.1. The lowest BCUT2D eigenvalue weighted by atomic mass is 10.0. The largest absolute Gasteiger partial charge is 0.335 e. The van der Waals surface area contributed by atoms with Gasteiger partial charge in [0.1, 0.15) is 0 Å². The number of nitrogens with zero attached hydrogens (tertiary/aromatic N) is 3. The summed E-state index contributed by atoms with van der Waals surface area (Å²) in [6.45, 7) is 3.81. The molecule has 1 aliphatic carbocycles. The van der Waals surface area contributed by atoms with Crippen LogP contribution >= 0.6 is 0 Å². The molecule has 2 aliphatic heterocycles. The molecule has 0 saturated carbocycles. The number of rotatable bonds is 1. The number of hydrogen-bond donors (Lipinski definition) is 0. The van der Waals surface area contributed by atoms with E-state index >= 15 is 0 Å². The van der Waals surface area contributed by atoms with Gasteiger partial charge in [0.2, 0.25) is 0 Å². The summed E-state index contributed by atoms with van der Waals surface area (Å²) in [5, 5.41) is 0. The van der Waals surface area contributed by atoms with Crippen molar-refractivity contribution in [1.82, 2.24) is 14.7 Å². The normalized spacial score (nSPS) is 18.3. The summed E-state index contributed by atoms with van der Waals surface area (Å²) in [6.07, 6.45) is 3.34. The van der Waals surface area contributed by atoms with Gasteiger partial charge in [0, 0.05) is 56.0 Å². The van der Waals surface area contributed by atoms with E-state index < -0.39 is 0 Å². The lowest BCUT2D eigenvalue weighted by Gasteiger charge is -2.38. The minimum atomic E-state index is -0.0772. The van der Waals surface area contributed by atoms with E-state index in [-0.39, 0.29) is 17.7 Å². The molecule has 0 atom stereocenters. The number of amides is 3. The lowest BCUT2D eigenvalue weighted by molar-refractivity contribution is 0.0633. The molecule has 154 valence electrons. The maximum absolute atomic E-state index is 13.1. The van der Waals surface area contributed by atoms with E-state index in [4.69, 9.17) is 0 Å². The van der Waals surface area contributed by atoms with E-state index in [9.17, 15) is 14.4 Å². The summed E-state index contributed by atoms with van der Waals surface area (Å²) in [5.74, 6) is -0.0983. The SMILES string of the molecule is O=C1c2ccccc2-c2ccc(C(=O)N3CCN(C(=O)N4CCCCC4)CC3)cc21. The Labute approximate surface area is 176 Å². The molecule has 0 bridgehead atoms. The molecule has 0 N–H and O–H groups in total. The van der Waals surface area contributed by atoms with Crippen molar-refractivity contribution in [2.75, 3.05) is 39.3 Å². The molecular formula is C24H25N3O3. The van der Waals surface area contributed by atoms with Crippen LogP contribution in [0.4, 0.5) is 4.79 Å². The molecule has 2 heterocycles. The quantitative estimate of drug-likeness (QED) is 0.627. The molecular weight excluding hydrogens is 378 g/mol. The van der Waals surface area contributed by atoms with Crippen molar-refractivity contribution in [1.29, 1.82) is 0 Å². The molecule has 2 fully saturated rings. The van der Waals surface area contributed by atoms with Crippen molar-refractivity contribution in [2.45, 2.75) is 19.3 Å². The zero-order chi connectivity index (χ0) is 20.7. The van der Waals surface area contributed by atoms with E-state index in [1.54, 1.807) is 11.0 Å². The molecule has 0 unspecified atom stereocenters. The third kappa shape index (κ3) is 3.16. The Morgan fingerprint density at radius 3 is 1.97 bits per heavy atom. The summed E-state index contributed by atoms with van der Waals surface area (Å²) in [4.78, 5) is 44.1. The van der Waals surface area contributed by atoms with E-state index in [1.165, 1.54) is 6.42 Å². The van der Waals surface area contributed by atoms with Gasteiger partial charge in [0.15, 0.2) is 5.78 Å². The number of benzene rings is 2. The number of urea groups is 1. The second kappa shape index (κ2) is 7.59. The molecule has 3 amide bonds. The third-order valence-corrected chi connectivity index (χ3v) is 6.44. The lowest BCUT2D eigenvalue weighted by Crippen LogP contribution is -2.54. The van der Waals surface area contributed by atoms with Gasteiger partial charge in [-0.25, -0.2) is 4.79 Å². The molecule has 3 aliphatic rings. The maximum Gasteiger partial charge on any atom is 0.320 e. The summed E-state index contributed by atoms with van der Waals surface area (Å²) in [5.41, 5.74) is 3.65. The number of piperazine rings is 1. The van der Waals surface area contributed by atoms with Crippen LogP contribution in [0.15, 0.2) is 42.5 Å². The Morgan fingerprint density at radius 2 is 1.23 bits per heavy atom. The molecule has 6 nitrogen and oxygen atoms in total. The van der Waals surface area contributed by atoms with Gasteiger partial charge in [-0.15, -0.1) is 0 Å². The third-order valence-electron chi connectivity index (χ3n) is 6.44. The smallest absolute Gasteiger partial charge is 0.320 e. The molecule has 2 aromatic carbocycles. The van der Waals surface area contributed by atoms with E-state index in [0.717, 1.165) is 37.1 Å². The molecule has 0 radical (unpaired) electrons. The van der Waals surface area contributed by atoms with Crippen LogP contribution in [-0.4, -0.2) is 71.7 Å². The van der Waals surface area contributed by atoms with Crippen LogP contribution < -0.4 is 0 Å². The molecule has 30 heavy (non-hydrogen) atoms. The van der Waals surface area contributed by atoms with Crippen LogP contribution in [0.25, 0.3) is 11.1 Å². The monoisotopic (exact) mass is 403 g/mol. The standard InChI is InChI=1S/C24H25N3O3/c28-22-20-7-3-2-6-18(20)19-9-8-17(16-21(19)22)23(29)25-12-14-27(15-13-25)24(30)26-10-4-1-5-11-26/h2-3,6-9,16H,1,4-5,10-15H2. The van der Waals surface area contributed by atoms with Crippen molar-refractivity contribution in [2.24, 2.45) is 0 Å². The molecule has 5 rings (SSSR count). The Kier molecular flexibility index (Phi) is 4.77. The van der Waals surface area contributed by atoms with Crippen LogP contribution in [0.2, 0.25) is 0 Å². The van der Waals surface area contributed by atoms with Crippen molar-refractivity contribution in [3.8, 4) is 11.1 Å². The van der Waals surface area contributed by atoms with Gasteiger partial charge in [-0.2, -0.15) is 0 Å². The molecule has 0 spiro atoms. The predicted molar refractivity (Wildman–Crippen MR) is 114 cm³/mol. The van der Waals surface area contributed by atoms with Gasteiger partial charge in [0.25, 0.3) is 5.91 Å². The fourth-order valence-corrected chi connectivity index (χ4v) is 4.73. The van der Waals surface area contributed by atoms with Crippen LogP contribution in [0, 0.1) is 0 Å². The minimum absolute atomic E-state index is 0.0211. The molecule has 2 aromatic rings. The average molecular weight is 403 g/mol. The number of likely N-dealkylation sites (tertiary alicyclic amines) is 1. The van der Waals surface area contributed by atoms with E-state index in [0.29, 0.717) is 42.9 Å². The first kappa shape index (κ1) is 18.9. The summed E-state index contributed by atoms with van der Waals surface area (Å²) in [7, 11) is 0. The number of hydrogen-bond acceptors (Lipinski definition) is 3. The van der Waals surface area contributed by atoms with Gasteiger partial charge in [0.05, 0.1) is 0 Å². The highest BCUT2D eigenvalue weighted by molar-refractivity contribution is 6.22. The van der Waals surface area contributed by atoms with Crippen molar-refractivity contribution >= 4 is 17.7 Å². The van der Waals surface area contributed by atoms with Crippen molar-refractivity contribution in [3.63, 3.8) is 0 Å². The maximum atomic E-state index is 13.1. The van der Waals surface area contributed by atoms with E-state index in [2.05, 4.69) is 0 Å². The second-order valence-corrected chi connectivity index (χ2v) is 8.24. The van der Waals surface area contributed by atoms with Gasteiger partial charge in [-0.3, -0.25) is 9.59 Å². The number of piperidine rings is 1. The molecule has 0 aromatic heterocycles. The Morgan fingerprint density at radius 1 is 0.633 bits per heavy atom.